The maximum absolute atomic E-state index is 10.5. The zero-order valence-corrected chi connectivity index (χ0v) is 7.70. The standard InChI is InChI=1S/C9H12N2O2/c1-3-7-5-9(11(12)13)8(10)4-6(7)2/h4-5H,3,10H2,1-2H3. The normalized spacial score (nSPS) is 10.0. The summed E-state index contributed by atoms with van der Waals surface area (Å²) < 4.78 is 0. The Labute approximate surface area is 76.5 Å². The van der Waals surface area contributed by atoms with E-state index >= 15 is 0 Å². The summed E-state index contributed by atoms with van der Waals surface area (Å²) in [7, 11) is 0. The van der Waals surface area contributed by atoms with Crippen molar-refractivity contribution in [2.45, 2.75) is 20.3 Å². The molecule has 2 N–H and O–H groups in total. The van der Waals surface area contributed by atoms with Crippen LogP contribution in [0.3, 0.4) is 0 Å². The van der Waals surface area contributed by atoms with Gasteiger partial charge in [0.05, 0.1) is 4.92 Å². The second-order valence-corrected chi connectivity index (χ2v) is 2.95. The van der Waals surface area contributed by atoms with Crippen molar-refractivity contribution in [3.05, 3.63) is 33.4 Å². The lowest BCUT2D eigenvalue weighted by Crippen LogP contribution is -1.98. The molecule has 1 aromatic rings. The lowest BCUT2D eigenvalue weighted by Gasteiger charge is -2.04. The number of nitrogen functional groups attached to an aromatic ring is 1. The summed E-state index contributed by atoms with van der Waals surface area (Å²) >= 11 is 0. The van der Waals surface area contributed by atoms with E-state index in [1.165, 1.54) is 0 Å². The topological polar surface area (TPSA) is 69.2 Å². The number of rotatable bonds is 2. The summed E-state index contributed by atoms with van der Waals surface area (Å²) in [6.07, 6.45) is 0.785. The molecule has 4 nitrogen and oxygen atoms in total. The number of nitrogens with two attached hydrogens (primary N) is 1. The third-order valence-corrected chi connectivity index (χ3v) is 2.06. The number of benzene rings is 1. The van der Waals surface area contributed by atoms with Crippen molar-refractivity contribution < 1.29 is 4.92 Å². The highest BCUT2D eigenvalue weighted by atomic mass is 16.6. The predicted octanol–water partition coefficient (Wildman–Crippen LogP) is 2.05. The summed E-state index contributed by atoms with van der Waals surface area (Å²) in [6.45, 7) is 3.86. The fraction of sp³-hybridized carbons (Fsp3) is 0.333. The molecule has 0 radical (unpaired) electrons. The van der Waals surface area contributed by atoms with Gasteiger partial charge < -0.3 is 5.73 Å². The van der Waals surface area contributed by atoms with Gasteiger partial charge in [0.1, 0.15) is 5.69 Å². The molecule has 0 bridgehead atoms. The second-order valence-electron chi connectivity index (χ2n) is 2.95. The van der Waals surface area contributed by atoms with E-state index in [4.69, 9.17) is 5.73 Å². The molecule has 0 fully saturated rings. The van der Waals surface area contributed by atoms with Gasteiger partial charge in [0.15, 0.2) is 0 Å². The van der Waals surface area contributed by atoms with Crippen molar-refractivity contribution in [1.29, 1.82) is 0 Å². The van der Waals surface area contributed by atoms with Crippen LogP contribution in [-0.4, -0.2) is 4.92 Å². The van der Waals surface area contributed by atoms with Crippen LogP contribution in [-0.2, 0) is 6.42 Å². The molecule has 1 aromatic carbocycles. The number of nitrogens with zero attached hydrogens (tertiary/aromatic N) is 1. The van der Waals surface area contributed by atoms with Crippen molar-refractivity contribution in [2.75, 3.05) is 5.73 Å². The Kier molecular flexibility index (Phi) is 2.51. The fourth-order valence-corrected chi connectivity index (χ4v) is 1.30. The minimum atomic E-state index is -0.450. The Morgan fingerprint density at radius 3 is 2.62 bits per heavy atom. The monoisotopic (exact) mass is 180 g/mol. The third kappa shape index (κ3) is 1.77. The van der Waals surface area contributed by atoms with E-state index < -0.39 is 4.92 Å². The molecule has 13 heavy (non-hydrogen) atoms. The van der Waals surface area contributed by atoms with Gasteiger partial charge in [-0.05, 0) is 30.5 Å². The van der Waals surface area contributed by atoms with Crippen LogP contribution in [0.1, 0.15) is 18.1 Å². The highest BCUT2D eigenvalue weighted by Gasteiger charge is 2.12. The van der Waals surface area contributed by atoms with E-state index in [2.05, 4.69) is 0 Å². The highest BCUT2D eigenvalue weighted by Crippen LogP contribution is 2.25. The van der Waals surface area contributed by atoms with Crippen molar-refractivity contribution in [3.63, 3.8) is 0 Å². The first-order valence-corrected chi connectivity index (χ1v) is 4.09. The molecule has 0 aliphatic rings. The van der Waals surface area contributed by atoms with Crippen LogP contribution in [0.4, 0.5) is 11.4 Å². The number of aryl methyl sites for hydroxylation is 2. The number of hydrogen-bond acceptors (Lipinski definition) is 3. The lowest BCUT2D eigenvalue weighted by molar-refractivity contribution is -0.384. The van der Waals surface area contributed by atoms with E-state index in [9.17, 15) is 10.1 Å². The van der Waals surface area contributed by atoms with Crippen LogP contribution in [0.2, 0.25) is 0 Å². The first kappa shape index (κ1) is 9.51. The first-order valence-electron chi connectivity index (χ1n) is 4.09. The number of nitro groups is 1. The number of nitro benzene ring substituents is 1. The zero-order valence-electron chi connectivity index (χ0n) is 7.70. The van der Waals surface area contributed by atoms with Gasteiger partial charge in [-0.2, -0.15) is 0 Å². The summed E-state index contributed by atoms with van der Waals surface area (Å²) in [5.74, 6) is 0. The van der Waals surface area contributed by atoms with Crippen LogP contribution in [0.5, 0.6) is 0 Å². The highest BCUT2D eigenvalue weighted by molar-refractivity contribution is 5.61. The van der Waals surface area contributed by atoms with E-state index in [0.717, 1.165) is 17.5 Å². The first-order chi connectivity index (χ1) is 6.06. The zero-order chi connectivity index (χ0) is 10.0. The summed E-state index contributed by atoms with van der Waals surface area (Å²) in [5.41, 5.74) is 7.72. The Morgan fingerprint density at radius 1 is 1.54 bits per heavy atom. The average Bonchev–Trinajstić information content (AvgIpc) is 2.03. The Bertz CT molecular complexity index is 348. The molecular formula is C9H12N2O2. The van der Waals surface area contributed by atoms with E-state index in [-0.39, 0.29) is 11.4 Å². The molecule has 0 aromatic heterocycles. The molecule has 0 saturated heterocycles. The molecule has 4 heteroatoms. The van der Waals surface area contributed by atoms with Crippen LogP contribution in [0, 0.1) is 17.0 Å². The molecule has 0 spiro atoms. The van der Waals surface area contributed by atoms with Gasteiger partial charge in [-0.15, -0.1) is 0 Å². The smallest absolute Gasteiger partial charge is 0.292 e. The SMILES string of the molecule is CCc1cc([N+](=O)[O-])c(N)cc1C. The van der Waals surface area contributed by atoms with E-state index in [1.807, 2.05) is 13.8 Å². The molecule has 0 aliphatic heterocycles. The molecule has 0 amide bonds. The van der Waals surface area contributed by atoms with Gasteiger partial charge in [0.25, 0.3) is 5.69 Å². The number of anilines is 1. The molecule has 0 atom stereocenters. The summed E-state index contributed by atoms with van der Waals surface area (Å²) in [6, 6.07) is 3.20. The van der Waals surface area contributed by atoms with Gasteiger partial charge in [0, 0.05) is 6.07 Å². The fourth-order valence-electron chi connectivity index (χ4n) is 1.30. The quantitative estimate of drug-likeness (QED) is 0.430. The van der Waals surface area contributed by atoms with Gasteiger partial charge in [-0.3, -0.25) is 10.1 Å². The third-order valence-electron chi connectivity index (χ3n) is 2.06. The molecule has 1 rings (SSSR count). The van der Waals surface area contributed by atoms with Crippen molar-refractivity contribution in [1.82, 2.24) is 0 Å². The summed E-state index contributed by atoms with van der Waals surface area (Å²) in [4.78, 5) is 10.1. The molecule has 0 heterocycles. The van der Waals surface area contributed by atoms with E-state index in [1.54, 1.807) is 12.1 Å². The number of hydrogen-bond donors (Lipinski definition) is 1. The second kappa shape index (κ2) is 3.43. The van der Waals surface area contributed by atoms with Crippen LogP contribution in [0.25, 0.3) is 0 Å². The van der Waals surface area contributed by atoms with Gasteiger partial charge in [-0.1, -0.05) is 6.92 Å². The molecule has 0 saturated carbocycles. The van der Waals surface area contributed by atoms with Crippen molar-refractivity contribution in [3.8, 4) is 0 Å². The average molecular weight is 180 g/mol. The minimum absolute atomic E-state index is 0.00227. The van der Waals surface area contributed by atoms with E-state index in [0.29, 0.717) is 0 Å². The van der Waals surface area contributed by atoms with Crippen LogP contribution in [0.15, 0.2) is 12.1 Å². The predicted molar refractivity (Wildman–Crippen MR) is 51.6 cm³/mol. The Morgan fingerprint density at radius 2 is 2.15 bits per heavy atom. The summed E-state index contributed by atoms with van der Waals surface area (Å²) in [5, 5.41) is 10.5. The maximum atomic E-state index is 10.5. The lowest BCUT2D eigenvalue weighted by atomic mass is 10.0. The van der Waals surface area contributed by atoms with Gasteiger partial charge in [0.2, 0.25) is 0 Å². The van der Waals surface area contributed by atoms with Crippen LogP contribution >= 0.6 is 0 Å². The van der Waals surface area contributed by atoms with Crippen molar-refractivity contribution in [2.24, 2.45) is 0 Å². The largest absolute Gasteiger partial charge is 0.393 e. The van der Waals surface area contributed by atoms with Gasteiger partial charge >= 0.3 is 0 Å². The van der Waals surface area contributed by atoms with Crippen molar-refractivity contribution >= 4 is 11.4 Å². The molecule has 0 unspecified atom stereocenters. The molecule has 70 valence electrons. The molecule has 0 aliphatic carbocycles. The van der Waals surface area contributed by atoms with Crippen LogP contribution < -0.4 is 5.73 Å². The molecular weight excluding hydrogens is 168 g/mol. The maximum Gasteiger partial charge on any atom is 0.292 e. The Balaban J connectivity index is 3.30. The Hall–Kier alpha value is -1.58. The van der Waals surface area contributed by atoms with Gasteiger partial charge in [-0.25, -0.2) is 0 Å². The minimum Gasteiger partial charge on any atom is -0.393 e.